The summed E-state index contributed by atoms with van der Waals surface area (Å²) in [5, 5.41) is 9.77. The lowest BCUT2D eigenvalue weighted by Crippen LogP contribution is -2.13. The van der Waals surface area contributed by atoms with E-state index in [1.165, 1.54) is 65.3 Å². The van der Waals surface area contributed by atoms with E-state index >= 15 is 0 Å². The van der Waals surface area contributed by atoms with Crippen molar-refractivity contribution in [3.05, 3.63) is 264 Å². The van der Waals surface area contributed by atoms with E-state index in [9.17, 15) is 0 Å². The predicted octanol–water partition coefficient (Wildman–Crippen LogP) is 18.0. The zero-order valence-corrected chi connectivity index (χ0v) is 37.9. The lowest BCUT2D eigenvalue weighted by molar-refractivity contribution is 1.26. The van der Waals surface area contributed by atoms with Gasteiger partial charge in [0, 0.05) is 33.9 Å². The number of anilines is 6. The van der Waals surface area contributed by atoms with Crippen LogP contribution in [-0.2, 0) is 0 Å². The van der Waals surface area contributed by atoms with E-state index in [1.807, 2.05) is 0 Å². The van der Waals surface area contributed by atoms with Crippen molar-refractivity contribution in [2.75, 3.05) is 9.80 Å². The van der Waals surface area contributed by atoms with E-state index in [2.05, 4.69) is 244 Å². The third-order valence-electron chi connectivity index (χ3n) is 13.4. The topological polar surface area (TPSA) is 6.48 Å². The number of aryl methyl sites for hydroxylation is 4. The van der Waals surface area contributed by atoms with Crippen molar-refractivity contribution in [2.45, 2.75) is 27.7 Å². The van der Waals surface area contributed by atoms with Crippen molar-refractivity contribution >= 4 is 88.4 Å². The fourth-order valence-corrected chi connectivity index (χ4v) is 10.0. The zero-order valence-electron chi connectivity index (χ0n) is 37.9. The molecule has 0 aromatic heterocycles. The van der Waals surface area contributed by atoms with Gasteiger partial charge in [0.15, 0.2) is 0 Å². The molecule has 2 nitrogen and oxygen atoms in total. The van der Waals surface area contributed by atoms with Crippen molar-refractivity contribution in [1.82, 2.24) is 0 Å². The number of hydrogen-bond acceptors (Lipinski definition) is 2. The molecule has 0 spiro atoms. The number of benzene rings is 11. The van der Waals surface area contributed by atoms with Crippen LogP contribution in [0.15, 0.2) is 219 Å². The van der Waals surface area contributed by atoms with E-state index in [4.69, 9.17) is 13.2 Å². The van der Waals surface area contributed by atoms with Gasteiger partial charge in [0.1, 0.15) is 0 Å². The summed E-state index contributed by atoms with van der Waals surface area (Å²) >= 11 is 0. The Morgan fingerprint density at radius 3 is 1.15 bits per heavy atom. The third kappa shape index (κ3) is 6.90. The molecule has 0 N–H and O–H groups in total. The summed E-state index contributed by atoms with van der Waals surface area (Å²) in [7, 11) is 0. The van der Waals surface area contributed by atoms with Crippen molar-refractivity contribution in [3.63, 3.8) is 0 Å². The molecule has 11 aromatic carbocycles. The normalized spacial score (nSPS) is 11.5. The highest BCUT2D eigenvalue weighted by Crippen LogP contribution is 2.50. The third-order valence-corrected chi connectivity index (χ3v) is 13.4. The molecule has 0 amide bonds. The first kappa shape index (κ1) is 40.6. The molecule has 0 radical (unpaired) electrons. The predicted molar refractivity (Wildman–Crippen MR) is 285 cm³/mol. The Hall–Kier alpha value is -8.20. The van der Waals surface area contributed by atoms with Gasteiger partial charge in [-0.15, -0.1) is 0 Å². The Kier molecular flexibility index (Phi) is 10.1. The van der Waals surface area contributed by atoms with Gasteiger partial charge in [0.25, 0.3) is 0 Å². The molecule has 0 saturated carbocycles. The van der Waals surface area contributed by atoms with Crippen LogP contribution in [0.3, 0.4) is 0 Å². The number of nitrogens with zero attached hydrogens (tertiary/aromatic N) is 2. The van der Waals surface area contributed by atoms with E-state index < -0.39 is 0 Å². The number of hydrogen-bond donors (Lipinski definition) is 0. The second-order valence-corrected chi connectivity index (χ2v) is 17.8. The minimum atomic E-state index is 0.923. The van der Waals surface area contributed by atoms with Crippen molar-refractivity contribution in [1.29, 1.82) is 0 Å². The highest BCUT2D eigenvalue weighted by Gasteiger charge is 2.27. The van der Waals surface area contributed by atoms with Crippen LogP contribution in [-0.4, -0.2) is 0 Å². The second kappa shape index (κ2) is 16.4. The number of rotatable bonds is 10. The van der Waals surface area contributed by atoms with E-state index in [1.54, 1.807) is 0 Å². The lowest BCUT2D eigenvalue weighted by atomic mass is 9.80. The van der Waals surface area contributed by atoms with Crippen LogP contribution in [0.5, 0.6) is 0 Å². The van der Waals surface area contributed by atoms with Gasteiger partial charge in [-0.25, -0.2) is 0 Å². The van der Waals surface area contributed by atoms with Crippen molar-refractivity contribution in [3.8, 4) is 0 Å². The van der Waals surface area contributed by atoms with Gasteiger partial charge < -0.3 is 9.80 Å². The molecule has 0 fully saturated rings. The number of fused-ring (bicyclic) bond motifs is 2. The van der Waals surface area contributed by atoms with Gasteiger partial charge >= 0.3 is 0 Å². The molecule has 0 heterocycles. The maximum absolute atomic E-state index is 5.17. The van der Waals surface area contributed by atoms with Gasteiger partial charge in [-0.3, -0.25) is 0 Å². The average molecular weight is 847 g/mol. The average Bonchev–Trinajstić information content (AvgIpc) is 3.35. The molecule has 316 valence electrons. The van der Waals surface area contributed by atoms with Crippen LogP contribution in [0.25, 0.3) is 54.2 Å². The molecule has 0 bridgehead atoms. The van der Waals surface area contributed by atoms with Crippen LogP contribution in [0, 0.1) is 27.7 Å². The van der Waals surface area contributed by atoms with Crippen LogP contribution in [0.1, 0.15) is 44.5 Å². The Morgan fingerprint density at radius 1 is 0.318 bits per heavy atom. The van der Waals surface area contributed by atoms with Crippen LogP contribution in [0.4, 0.5) is 34.1 Å². The summed E-state index contributed by atoms with van der Waals surface area (Å²) in [6.07, 6.45) is 0. The summed E-state index contributed by atoms with van der Waals surface area (Å²) in [5.74, 6) is 0. The molecular weight excluding hydrogens is 797 g/mol. The molecule has 66 heavy (non-hydrogen) atoms. The minimum Gasteiger partial charge on any atom is -0.310 e. The molecule has 11 aromatic rings. The highest BCUT2D eigenvalue weighted by molar-refractivity contribution is 6.35. The molecule has 0 aliphatic heterocycles. The summed E-state index contributed by atoms with van der Waals surface area (Å²) in [4.78, 5) is 4.74. The van der Waals surface area contributed by atoms with Gasteiger partial charge in [-0.2, -0.15) is 0 Å². The summed E-state index contributed by atoms with van der Waals surface area (Å²) in [6, 6.07) is 75.3. The van der Waals surface area contributed by atoms with Crippen LogP contribution in [0.2, 0.25) is 0 Å². The van der Waals surface area contributed by atoms with E-state index in [0.29, 0.717) is 0 Å². The first-order valence-electron chi connectivity index (χ1n) is 22.8. The van der Waals surface area contributed by atoms with Gasteiger partial charge in [0.2, 0.25) is 0 Å². The van der Waals surface area contributed by atoms with Crippen LogP contribution >= 0.6 is 0 Å². The van der Waals surface area contributed by atoms with E-state index in [0.717, 1.165) is 67.5 Å². The maximum Gasteiger partial charge on any atom is 0.0540 e. The fourth-order valence-electron chi connectivity index (χ4n) is 10.0. The summed E-state index contributed by atoms with van der Waals surface area (Å²) < 4.78 is 0. The minimum absolute atomic E-state index is 0.923. The monoisotopic (exact) mass is 846 g/mol. The largest absolute Gasteiger partial charge is 0.310 e. The maximum atomic E-state index is 5.17. The highest BCUT2D eigenvalue weighted by atomic mass is 15.1. The first-order valence-corrected chi connectivity index (χ1v) is 22.8. The first-order chi connectivity index (χ1) is 32.2. The Morgan fingerprint density at radius 2 is 0.697 bits per heavy atom. The second-order valence-electron chi connectivity index (χ2n) is 17.8. The van der Waals surface area contributed by atoms with Gasteiger partial charge in [-0.1, -0.05) is 175 Å². The smallest absolute Gasteiger partial charge is 0.0540 e. The quantitative estimate of drug-likeness (QED) is 0.0999. The molecule has 2 heteroatoms. The van der Waals surface area contributed by atoms with E-state index in [-0.39, 0.29) is 0 Å². The number of para-hydroxylation sites is 2. The Labute approximate surface area is 388 Å². The SMILES string of the molecule is C=C(c1ccccc1N(c1ccc(C)cc1)c1ccc(C)cc1)c1cc2cccc3c4cccc5cccc(c(c1C(=C)c1ccccc1N(c1ccc(C)cc1)c1ccc(C)cc1)c23)c54. The van der Waals surface area contributed by atoms with Crippen LogP contribution < -0.4 is 9.80 Å². The molecular formula is C64H50N2. The molecule has 11 rings (SSSR count). The molecule has 0 unspecified atom stereocenters. The standard InChI is InChI=1S/C64H50N2/c1-41-24-32-49(33-25-41)65(50-34-26-42(2)27-35-50)59-22-9-7-17-53(59)45(5)58-40-48-16-13-20-56-55-19-11-14-47-15-12-21-57(62(47)55)64(63(48)56)61(58)46(6)54-18-8-10-23-60(54)66(51-36-28-43(3)29-37-51)52-38-30-44(4)31-39-52/h7-40H,5-6H2,1-4H3. The molecule has 0 aliphatic rings. The Bertz CT molecular complexity index is 3540. The summed E-state index contributed by atoms with van der Waals surface area (Å²) in [5.41, 5.74) is 17.3. The molecule has 0 atom stereocenters. The lowest BCUT2D eigenvalue weighted by Gasteiger charge is -2.30. The van der Waals surface area contributed by atoms with Crippen molar-refractivity contribution in [2.24, 2.45) is 0 Å². The summed E-state index contributed by atoms with van der Waals surface area (Å²) in [6.45, 7) is 18.8. The molecule has 0 saturated heterocycles. The van der Waals surface area contributed by atoms with Crippen molar-refractivity contribution < 1.29 is 0 Å². The van der Waals surface area contributed by atoms with Gasteiger partial charge in [0.05, 0.1) is 11.4 Å². The van der Waals surface area contributed by atoms with Gasteiger partial charge in [-0.05, 0) is 160 Å². The Balaban J connectivity index is 1.21. The molecule has 0 aliphatic carbocycles. The zero-order chi connectivity index (χ0) is 45.1. The fraction of sp³-hybridized carbons (Fsp3) is 0.0625.